The van der Waals surface area contributed by atoms with E-state index in [0.29, 0.717) is 33.8 Å². The number of aromatic nitrogens is 3. The molecule has 1 N–H and O–H groups in total. The summed E-state index contributed by atoms with van der Waals surface area (Å²) < 4.78 is 7.60. The van der Waals surface area contributed by atoms with E-state index >= 15 is 0 Å². The Morgan fingerprint density at radius 1 is 0.947 bits per heavy atom. The molecule has 0 amide bonds. The number of fused-ring (bicyclic) bond motifs is 1. The van der Waals surface area contributed by atoms with Crippen molar-refractivity contribution in [2.75, 3.05) is 0 Å². The first kappa shape index (κ1) is 26.7. The third-order valence-electron chi connectivity index (χ3n) is 6.36. The van der Waals surface area contributed by atoms with Crippen LogP contribution in [0.2, 0.25) is 0 Å². The largest absolute Gasteiger partial charge is 0.485 e. The summed E-state index contributed by atoms with van der Waals surface area (Å²) in [6.45, 7) is 8.71. The van der Waals surface area contributed by atoms with Crippen LogP contribution >= 0.6 is 0 Å². The number of aliphatic carboxylic acids is 1. The van der Waals surface area contributed by atoms with Gasteiger partial charge in [0.05, 0.1) is 16.6 Å². The monoisotopic (exact) mass is 513 g/mol. The van der Waals surface area contributed by atoms with Gasteiger partial charge in [0.15, 0.2) is 11.6 Å². The number of carboxylic acid groups (broad SMARTS) is 1. The molecule has 0 atom stereocenters. The van der Waals surface area contributed by atoms with E-state index in [4.69, 9.17) is 4.74 Å². The molecule has 4 aromatic rings. The molecule has 0 spiro atoms. The highest BCUT2D eigenvalue weighted by Crippen LogP contribution is 2.37. The van der Waals surface area contributed by atoms with E-state index in [1.54, 1.807) is 100 Å². The molecular formula is C30H31N3O5. The summed E-state index contributed by atoms with van der Waals surface area (Å²) in [7, 11) is 0. The zero-order chi connectivity index (χ0) is 27.7. The van der Waals surface area contributed by atoms with E-state index in [-0.39, 0.29) is 30.3 Å². The van der Waals surface area contributed by atoms with Gasteiger partial charge in [0.2, 0.25) is 5.78 Å². The van der Waals surface area contributed by atoms with Crippen LogP contribution < -0.4 is 4.74 Å². The molecule has 38 heavy (non-hydrogen) atoms. The van der Waals surface area contributed by atoms with Crippen LogP contribution in [0, 0.1) is 10.8 Å². The van der Waals surface area contributed by atoms with Gasteiger partial charge in [0.1, 0.15) is 12.4 Å². The van der Waals surface area contributed by atoms with Gasteiger partial charge in [-0.25, -0.2) is 9.97 Å². The minimum Gasteiger partial charge on any atom is -0.485 e. The minimum absolute atomic E-state index is 0.0108. The van der Waals surface area contributed by atoms with E-state index in [0.717, 1.165) is 0 Å². The summed E-state index contributed by atoms with van der Waals surface area (Å²) >= 11 is 0. The van der Waals surface area contributed by atoms with Crippen LogP contribution in [0.4, 0.5) is 0 Å². The lowest BCUT2D eigenvalue weighted by Crippen LogP contribution is -2.29. The molecule has 0 radical (unpaired) electrons. The van der Waals surface area contributed by atoms with Gasteiger partial charge in [-0.1, -0.05) is 51.1 Å². The van der Waals surface area contributed by atoms with E-state index in [2.05, 4.69) is 9.97 Å². The molecule has 0 bridgehead atoms. The number of carbonyl (C=O) groups excluding carboxylic acids is 2. The van der Waals surface area contributed by atoms with Gasteiger partial charge >= 0.3 is 5.97 Å². The molecule has 196 valence electrons. The fraction of sp³-hybridized carbons (Fsp3) is 0.300. The molecule has 8 heteroatoms. The van der Waals surface area contributed by atoms with Crippen molar-refractivity contribution in [1.29, 1.82) is 0 Å². The highest BCUT2D eigenvalue weighted by atomic mass is 16.5. The lowest BCUT2D eigenvalue weighted by Gasteiger charge is -2.22. The first-order chi connectivity index (χ1) is 17.9. The van der Waals surface area contributed by atoms with Gasteiger partial charge in [-0.05, 0) is 38.0 Å². The van der Waals surface area contributed by atoms with Gasteiger partial charge in [-0.3, -0.25) is 14.4 Å². The van der Waals surface area contributed by atoms with Crippen molar-refractivity contribution in [3.8, 4) is 5.75 Å². The Balaban J connectivity index is 1.96. The summed E-state index contributed by atoms with van der Waals surface area (Å²) in [6, 6.07) is 13.9. The first-order valence-electron chi connectivity index (χ1n) is 12.3. The van der Waals surface area contributed by atoms with Crippen molar-refractivity contribution >= 4 is 23.1 Å². The summed E-state index contributed by atoms with van der Waals surface area (Å²) in [5, 5.41) is 9.93. The molecule has 0 aliphatic heterocycles. The number of ketones is 2. The maximum Gasteiger partial charge on any atom is 0.309 e. The maximum atomic E-state index is 13.9. The van der Waals surface area contributed by atoms with Crippen LogP contribution in [0.3, 0.4) is 0 Å². The first-order valence-corrected chi connectivity index (χ1v) is 12.3. The average Bonchev–Trinajstić information content (AvgIpc) is 3.19. The van der Waals surface area contributed by atoms with Crippen molar-refractivity contribution in [3.05, 3.63) is 95.3 Å². The Morgan fingerprint density at radius 3 is 2.21 bits per heavy atom. The number of hydrogen-bond donors (Lipinski definition) is 1. The topological polar surface area (TPSA) is 111 Å². The standard InChI is InChI=1S/C30H31N3O5/c1-29(2,3)27(35)24-21(17-30(4,5)28(36)37)25(26(34)19-10-7-6-8-11-19)33-15-12-20(16-22(24)33)38-18-23-31-13-9-14-32-23/h6-16H,17-18H2,1-5H3,(H,36,37). The molecule has 0 saturated heterocycles. The number of nitrogens with zero attached hydrogens (tertiary/aromatic N) is 3. The van der Waals surface area contributed by atoms with Crippen molar-refractivity contribution in [3.63, 3.8) is 0 Å². The second-order valence-corrected chi connectivity index (χ2v) is 10.9. The summed E-state index contributed by atoms with van der Waals surface area (Å²) in [5.74, 6) is -0.546. The van der Waals surface area contributed by atoms with Gasteiger partial charge < -0.3 is 14.2 Å². The molecule has 0 aliphatic carbocycles. The lowest BCUT2D eigenvalue weighted by molar-refractivity contribution is -0.146. The zero-order valence-corrected chi connectivity index (χ0v) is 22.2. The molecule has 3 aromatic heterocycles. The second kappa shape index (κ2) is 10.2. The number of carboxylic acids is 1. The predicted octanol–water partition coefficient (Wildman–Crippen LogP) is 5.42. The van der Waals surface area contributed by atoms with Gasteiger partial charge in [-0.2, -0.15) is 0 Å². The summed E-state index contributed by atoms with van der Waals surface area (Å²) in [4.78, 5) is 48.3. The van der Waals surface area contributed by atoms with E-state index in [1.165, 1.54) is 0 Å². The molecule has 0 saturated carbocycles. The highest BCUT2D eigenvalue weighted by molar-refractivity contribution is 6.15. The van der Waals surface area contributed by atoms with Crippen molar-refractivity contribution in [2.45, 2.75) is 47.6 Å². The third kappa shape index (κ3) is 5.34. The molecule has 8 nitrogen and oxygen atoms in total. The maximum absolute atomic E-state index is 13.9. The molecule has 0 aliphatic rings. The van der Waals surface area contributed by atoms with E-state index < -0.39 is 16.8 Å². The Bertz CT molecular complexity index is 1500. The zero-order valence-electron chi connectivity index (χ0n) is 22.2. The highest BCUT2D eigenvalue weighted by Gasteiger charge is 2.37. The van der Waals surface area contributed by atoms with E-state index in [1.807, 2.05) is 6.07 Å². The van der Waals surface area contributed by atoms with Crippen LogP contribution in [0.5, 0.6) is 5.75 Å². The van der Waals surface area contributed by atoms with Crippen molar-refractivity contribution in [2.24, 2.45) is 10.8 Å². The Hall–Kier alpha value is -4.33. The number of pyridine rings is 1. The average molecular weight is 514 g/mol. The van der Waals surface area contributed by atoms with E-state index in [9.17, 15) is 19.5 Å². The number of hydrogen-bond acceptors (Lipinski definition) is 6. The quantitative estimate of drug-likeness (QED) is 0.297. The lowest BCUT2D eigenvalue weighted by atomic mass is 9.79. The molecule has 1 aromatic carbocycles. The summed E-state index contributed by atoms with van der Waals surface area (Å²) in [5.41, 5.74) is -0.0861. The van der Waals surface area contributed by atoms with Crippen LogP contribution in [0.1, 0.15) is 72.4 Å². The molecule has 0 fully saturated rings. The number of benzene rings is 1. The normalized spacial score (nSPS) is 11.9. The molecule has 0 unspecified atom stereocenters. The van der Waals surface area contributed by atoms with Crippen LogP contribution in [-0.4, -0.2) is 37.0 Å². The number of Topliss-reactive ketones (excluding diaryl/α,β-unsaturated/α-hetero) is 1. The summed E-state index contributed by atoms with van der Waals surface area (Å²) in [6.07, 6.45) is 4.92. The van der Waals surface area contributed by atoms with Gasteiger partial charge in [0, 0.05) is 41.2 Å². The minimum atomic E-state index is -1.23. The van der Waals surface area contributed by atoms with Gasteiger partial charge in [-0.15, -0.1) is 0 Å². The number of rotatable bonds is 9. The fourth-order valence-electron chi connectivity index (χ4n) is 4.22. The predicted molar refractivity (Wildman–Crippen MR) is 143 cm³/mol. The smallest absolute Gasteiger partial charge is 0.309 e. The fourth-order valence-corrected chi connectivity index (χ4v) is 4.22. The Kier molecular flexibility index (Phi) is 7.18. The second-order valence-electron chi connectivity index (χ2n) is 10.9. The van der Waals surface area contributed by atoms with Crippen LogP contribution in [-0.2, 0) is 17.8 Å². The number of carbonyl (C=O) groups is 3. The van der Waals surface area contributed by atoms with Crippen LogP contribution in [0.25, 0.3) is 5.52 Å². The Morgan fingerprint density at radius 2 is 1.61 bits per heavy atom. The van der Waals surface area contributed by atoms with Crippen molar-refractivity contribution < 1.29 is 24.2 Å². The molecule has 3 heterocycles. The molecular weight excluding hydrogens is 482 g/mol. The SMILES string of the molecule is CC(C)(C)C(=O)c1c(CC(C)(C)C(=O)O)c(C(=O)c2ccccc2)n2ccc(OCc3ncccn3)cc12. The van der Waals surface area contributed by atoms with Crippen LogP contribution in [0.15, 0.2) is 67.1 Å². The van der Waals surface area contributed by atoms with Crippen molar-refractivity contribution in [1.82, 2.24) is 14.4 Å². The third-order valence-corrected chi connectivity index (χ3v) is 6.36. The molecule has 4 rings (SSSR count). The number of ether oxygens (including phenoxy) is 1. The Labute approximate surface area is 221 Å². The van der Waals surface area contributed by atoms with Gasteiger partial charge in [0.25, 0.3) is 0 Å².